The zero-order chi connectivity index (χ0) is 9.94. The largest absolute Gasteiger partial charge is 0.390 e. The Bertz CT molecular complexity index is 215. The first-order valence-electron chi connectivity index (χ1n) is 4.11. The van der Waals surface area contributed by atoms with Gasteiger partial charge in [-0.05, 0) is 24.7 Å². The van der Waals surface area contributed by atoms with Gasteiger partial charge < -0.3 is 10.6 Å². The van der Waals surface area contributed by atoms with Crippen molar-refractivity contribution in [3.63, 3.8) is 0 Å². The second-order valence-electron chi connectivity index (χ2n) is 2.26. The third kappa shape index (κ3) is 7.81. The third-order valence-electron chi connectivity index (χ3n) is 1.29. The zero-order valence-corrected chi connectivity index (χ0v) is 9.84. The molecule has 0 rings (SSSR count). The van der Waals surface area contributed by atoms with E-state index in [0.29, 0.717) is 5.71 Å². The molecule has 0 fully saturated rings. The molecule has 0 bridgehead atoms. The van der Waals surface area contributed by atoms with E-state index in [9.17, 15) is 0 Å². The lowest BCUT2D eigenvalue weighted by Crippen LogP contribution is -2.24. The Hall–Kier alpha value is -0.540. The minimum Gasteiger partial charge on any atom is -0.390 e. The monoisotopic (exact) mass is 291 g/mol. The predicted molar refractivity (Wildman–Crippen MR) is 66.0 cm³/mol. The topological polar surface area (TPSA) is 36.4 Å². The van der Waals surface area contributed by atoms with Crippen molar-refractivity contribution in [2.24, 2.45) is 3.21 Å². The lowest BCUT2D eigenvalue weighted by atomic mass is 10.4. The van der Waals surface area contributed by atoms with Crippen LogP contribution in [0, 0.1) is 12.3 Å². The van der Waals surface area contributed by atoms with E-state index in [-0.39, 0.29) is 0 Å². The fourth-order valence-electron chi connectivity index (χ4n) is 0.659. The molecular weight excluding hydrogens is 277 g/mol. The molecule has 0 aliphatic carbocycles. The molecule has 0 atom stereocenters. The normalized spacial score (nSPS) is 11.6. The van der Waals surface area contributed by atoms with Gasteiger partial charge in [-0.15, -0.1) is 6.42 Å². The molecule has 0 saturated heterocycles. The second kappa shape index (κ2) is 9.55. The van der Waals surface area contributed by atoms with E-state index in [4.69, 9.17) is 6.42 Å². The van der Waals surface area contributed by atoms with Crippen molar-refractivity contribution in [2.75, 3.05) is 19.6 Å². The van der Waals surface area contributed by atoms with E-state index >= 15 is 0 Å². The minimum atomic E-state index is 0.636. The van der Waals surface area contributed by atoms with Crippen LogP contribution in [0.15, 0.2) is 15.5 Å². The molecule has 0 amide bonds. The van der Waals surface area contributed by atoms with Crippen molar-refractivity contribution in [3.8, 4) is 12.3 Å². The molecule has 0 saturated carbocycles. The van der Waals surface area contributed by atoms with Crippen molar-refractivity contribution >= 4 is 28.6 Å². The first-order valence-corrected chi connectivity index (χ1v) is 5.07. The van der Waals surface area contributed by atoms with Crippen LogP contribution in [0.1, 0.15) is 6.92 Å². The number of nitrogens with one attached hydrogen (secondary N) is 2. The Balaban J connectivity index is 3.47. The fourth-order valence-corrected chi connectivity index (χ4v) is 0.959. The van der Waals surface area contributed by atoms with E-state index in [1.807, 2.05) is 29.1 Å². The van der Waals surface area contributed by atoms with E-state index < -0.39 is 0 Å². The predicted octanol–water partition coefficient (Wildman–Crippen LogP) is 1.12. The molecule has 3 nitrogen and oxygen atoms in total. The summed E-state index contributed by atoms with van der Waals surface area (Å²) >= 11 is 1.88. The summed E-state index contributed by atoms with van der Waals surface area (Å²) in [6.45, 7) is 4.92. The van der Waals surface area contributed by atoms with E-state index in [2.05, 4.69) is 26.7 Å². The molecule has 0 heterocycles. The average Bonchev–Trinajstić information content (AvgIpc) is 2.17. The maximum Gasteiger partial charge on any atom is 0.120 e. The zero-order valence-electron chi connectivity index (χ0n) is 7.68. The summed E-state index contributed by atoms with van der Waals surface area (Å²) in [4.78, 5) is 0. The van der Waals surface area contributed by atoms with E-state index in [0.717, 1.165) is 19.6 Å². The Morgan fingerprint density at radius 1 is 1.62 bits per heavy atom. The van der Waals surface area contributed by atoms with Crippen molar-refractivity contribution in [1.29, 1.82) is 0 Å². The molecule has 72 valence electrons. The number of nitrogens with zero attached hydrogens (tertiary/aromatic N) is 1. The van der Waals surface area contributed by atoms with Crippen LogP contribution in [0.4, 0.5) is 0 Å². The summed E-state index contributed by atoms with van der Waals surface area (Å²) in [7, 11) is 0. The highest BCUT2D eigenvalue weighted by atomic mass is 127. The van der Waals surface area contributed by atoms with Crippen LogP contribution in [0.25, 0.3) is 0 Å². The van der Waals surface area contributed by atoms with Gasteiger partial charge in [-0.3, -0.25) is 0 Å². The molecule has 0 aromatic rings. The lowest BCUT2D eigenvalue weighted by molar-refractivity contribution is 0.687. The molecule has 0 aliphatic heterocycles. The minimum absolute atomic E-state index is 0.636. The molecule has 0 radical (unpaired) electrons. The maximum absolute atomic E-state index is 5.17. The highest BCUT2D eigenvalue weighted by Crippen LogP contribution is 1.87. The maximum atomic E-state index is 5.17. The number of allylic oxidation sites excluding steroid dienone is 1. The summed E-state index contributed by atoms with van der Waals surface area (Å²) in [5.41, 5.74) is 0.636. The summed E-state index contributed by atoms with van der Waals surface area (Å²) in [5, 5.41) is 6.29. The van der Waals surface area contributed by atoms with Crippen LogP contribution < -0.4 is 10.6 Å². The van der Waals surface area contributed by atoms with Gasteiger partial charge in [0.15, 0.2) is 0 Å². The number of hydrogen-bond donors (Lipinski definition) is 2. The summed E-state index contributed by atoms with van der Waals surface area (Å²) < 4.78 is 3.85. The molecule has 4 heteroatoms. The SMILES string of the molecule is C#CC(/C=C\NCCNCC)=N/I. The van der Waals surface area contributed by atoms with Crippen LogP contribution in [0.3, 0.4) is 0 Å². The van der Waals surface area contributed by atoms with Gasteiger partial charge in [0, 0.05) is 13.1 Å². The van der Waals surface area contributed by atoms with Crippen LogP contribution in [0.5, 0.6) is 0 Å². The van der Waals surface area contributed by atoms with Gasteiger partial charge >= 0.3 is 0 Å². The smallest absolute Gasteiger partial charge is 0.120 e. The molecule has 0 spiro atoms. The van der Waals surface area contributed by atoms with Crippen LogP contribution >= 0.6 is 22.9 Å². The number of rotatable bonds is 6. The Kier molecular flexibility index (Phi) is 9.15. The van der Waals surface area contributed by atoms with E-state index in [1.54, 1.807) is 6.08 Å². The van der Waals surface area contributed by atoms with Gasteiger partial charge in [-0.2, -0.15) is 0 Å². The highest BCUT2D eigenvalue weighted by Gasteiger charge is 1.84. The van der Waals surface area contributed by atoms with Crippen molar-refractivity contribution in [2.45, 2.75) is 6.92 Å². The number of halogens is 1. The van der Waals surface area contributed by atoms with Gasteiger partial charge in [-0.25, -0.2) is 3.21 Å². The van der Waals surface area contributed by atoms with Crippen molar-refractivity contribution in [3.05, 3.63) is 12.3 Å². The number of likely N-dealkylation sites (N-methyl/N-ethyl adjacent to an activating group) is 1. The third-order valence-corrected chi connectivity index (χ3v) is 1.81. The van der Waals surface area contributed by atoms with Gasteiger partial charge in [-0.1, -0.05) is 6.92 Å². The summed E-state index contributed by atoms with van der Waals surface area (Å²) in [6.07, 6.45) is 8.76. The van der Waals surface area contributed by atoms with Crippen LogP contribution in [-0.2, 0) is 0 Å². The van der Waals surface area contributed by atoms with Gasteiger partial charge in [0.1, 0.15) is 5.71 Å². The number of terminal acetylenes is 1. The molecule has 0 aromatic heterocycles. The number of hydrogen-bond acceptors (Lipinski definition) is 3. The van der Waals surface area contributed by atoms with Crippen molar-refractivity contribution < 1.29 is 0 Å². The average molecular weight is 291 g/mol. The molecule has 2 N–H and O–H groups in total. The first-order chi connectivity index (χ1) is 6.35. The van der Waals surface area contributed by atoms with Crippen molar-refractivity contribution in [1.82, 2.24) is 10.6 Å². The van der Waals surface area contributed by atoms with Crippen LogP contribution in [-0.4, -0.2) is 25.3 Å². The van der Waals surface area contributed by atoms with E-state index in [1.165, 1.54) is 0 Å². The fraction of sp³-hybridized carbons (Fsp3) is 0.444. The molecule has 0 unspecified atom stereocenters. The quantitative estimate of drug-likeness (QED) is 0.333. The highest BCUT2D eigenvalue weighted by molar-refractivity contribution is 14.1. The molecule has 0 aliphatic rings. The Labute approximate surface area is 93.6 Å². The first kappa shape index (κ1) is 12.5. The van der Waals surface area contributed by atoms with Gasteiger partial charge in [0.05, 0.1) is 22.9 Å². The summed E-state index contributed by atoms with van der Waals surface area (Å²) in [5.74, 6) is 2.45. The lowest BCUT2D eigenvalue weighted by Gasteiger charge is -2.00. The Morgan fingerprint density at radius 3 is 2.92 bits per heavy atom. The molecular formula is C9H14IN3. The Morgan fingerprint density at radius 2 is 2.38 bits per heavy atom. The van der Waals surface area contributed by atoms with Gasteiger partial charge in [0.2, 0.25) is 0 Å². The summed E-state index contributed by atoms with van der Waals surface area (Å²) in [6, 6.07) is 0. The standard InChI is InChI=1S/C9H14IN3/c1-3-9(13-10)5-6-12-8-7-11-4-2/h1,5-6,11-12H,4,7-8H2,2H3/b6-5-,13-9-. The second-order valence-corrected chi connectivity index (χ2v) is 2.74. The molecule has 13 heavy (non-hydrogen) atoms. The molecule has 0 aromatic carbocycles. The van der Waals surface area contributed by atoms with Crippen LogP contribution in [0.2, 0.25) is 0 Å². The van der Waals surface area contributed by atoms with Gasteiger partial charge in [0.25, 0.3) is 0 Å².